The van der Waals surface area contributed by atoms with Gasteiger partial charge in [-0.05, 0) is 55.3 Å². The molecule has 1 heterocycles. The van der Waals surface area contributed by atoms with Crippen LogP contribution in [0, 0.1) is 6.92 Å². The second-order valence-electron chi connectivity index (χ2n) is 6.72. The highest BCUT2D eigenvalue weighted by atomic mass is 32.2. The predicted octanol–water partition coefficient (Wildman–Crippen LogP) is 2.82. The number of anilines is 1. The summed E-state index contributed by atoms with van der Waals surface area (Å²) in [4.78, 5) is 16.6. The zero-order valence-corrected chi connectivity index (χ0v) is 17.6. The first kappa shape index (κ1) is 21.4. The molecule has 3 rings (SSSR count). The normalized spacial score (nSPS) is 11.1. The average molecular weight is 429 g/mol. The number of nitrogens with zero attached hydrogens (tertiary/aromatic N) is 2. The average Bonchev–Trinajstić information content (AvgIpc) is 3.25. The Bertz CT molecular complexity index is 1090. The molecular weight excluding hydrogens is 404 g/mol. The number of nitrogens with one attached hydrogen (secondary N) is 2. The van der Waals surface area contributed by atoms with E-state index in [1.807, 2.05) is 10.8 Å². The molecule has 8 nitrogen and oxygen atoms in total. The molecule has 0 aliphatic rings. The first-order valence-electron chi connectivity index (χ1n) is 9.40. The summed E-state index contributed by atoms with van der Waals surface area (Å²) in [7, 11) is -2.30. The van der Waals surface area contributed by atoms with Crippen LogP contribution in [0.5, 0.6) is 5.75 Å². The number of ether oxygens (including phenoxy) is 1. The molecule has 1 amide bonds. The van der Waals surface area contributed by atoms with Gasteiger partial charge in [-0.2, -0.15) is 0 Å². The fourth-order valence-electron chi connectivity index (χ4n) is 2.86. The van der Waals surface area contributed by atoms with E-state index in [0.717, 1.165) is 13.0 Å². The molecule has 0 saturated carbocycles. The van der Waals surface area contributed by atoms with E-state index >= 15 is 0 Å². The second-order valence-corrected chi connectivity index (χ2v) is 8.40. The number of hydrogen-bond acceptors (Lipinski definition) is 5. The summed E-state index contributed by atoms with van der Waals surface area (Å²) in [6.45, 7) is 2.98. The summed E-state index contributed by atoms with van der Waals surface area (Å²) in [6, 6.07) is 11.1. The van der Waals surface area contributed by atoms with Crippen molar-refractivity contribution in [3.63, 3.8) is 0 Å². The molecule has 2 aromatic carbocycles. The van der Waals surface area contributed by atoms with Crippen LogP contribution in [0.25, 0.3) is 0 Å². The molecule has 2 N–H and O–H groups in total. The lowest BCUT2D eigenvalue weighted by atomic mass is 10.1. The Morgan fingerprint density at radius 3 is 2.60 bits per heavy atom. The van der Waals surface area contributed by atoms with Gasteiger partial charge in [-0.25, -0.2) is 13.4 Å². The third kappa shape index (κ3) is 5.38. The third-order valence-corrected chi connectivity index (χ3v) is 5.92. The number of amides is 1. The highest BCUT2D eigenvalue weighted by Gasteiger charge is 2.18. The van der Waals surface area contributed by atoms with Crippen LogP contribution in [0.1, 0.15) is 22.3 Å². The summed E-state index contributed by atoms with van der Waals surface area (Å²) in [6.07, 6.45) is 6.01. The van der Waals surface area contributed by atoms with Crippen LogP contribution >= 0.6 is 0 Å². The van der Waals surface area contributed by atoms with Gasteiger partial charge < -0.3 is 14.6 Å². The van der Waals surface area contributed by atoms with Gasteiger partial charge in [0.05, 0.1) is 18.3 Å². The lowest BCUT2D eigenvalue weighted by molar-refractivity contribution is 0.0952. The quantitative estimate of drug-likeness (QED) is 0.510. The molecule has 3 aromatic rings. The monoisotopic (exact) mass is 428 g/mol. The zero-order valence-electron chi connectivity index (χ0n) is 16.8. The van der Waals surface area contributed by atoms with Crippen LogP contribution in [0.15, 0.2) is 66.1 Å². The molecule has 0 saturated heterocycles. The van der Waals surface area contributed by atoms with Gasteiger partial charge in [-0.3, -0.25) is 9.52 Å². The number of benzene rings is 2. The molecule has 9 heteroatoms. The highest BCUT2D eigenvalue weighted by molar-refractivity contribution is 7.92. The molecular formula is C21H24N4O4S. The van der Waals surface area contributed by atoms with E-state index < -0.39 is 10.0 Å². The predicted molar refractivity (Wildman–Crippen MR) is 114 cm³/mol. The number of imidazole rings is 1. The maximum atomic E-state index is 12.8. The van der Waals surface area contributed by atoms with Crippen molar-refractivity contribution in [2.75, 3.05) is 18.4 Å². The molecule has 0 aliphatic heterocycles. The minimum atomic E-state index is -3.84. The Morgan fingerprint density at radius 2 is 1.93 bits per heavy atom. The molecule has 0 bridgehead atoms. The Hall–Kier alpha value is -3.33. The molecule has 0 fully saturated rings. The molecule has 0 radical (unpaired) electrons. The molecule has 30 heavy (non-hydrogen) atoms. The molecule has 1 aromatic heterocycles. The van der Waals surface area contributed by atoms with Gasteiger partial charge in [0.15, 0.2) is 0 Å². The molecule has 0 spiro atoms. The van der Waals surface area contributed by atoms with Crippen LogP contribution in [0.4, 0.5) is 5.69 Å². The summed E-state index contributed by atoms with van der Waals surface area (Å²) in [5, 5.41) is 2.84. The van der Waals surface area contributed by atoms with Gasteiger partial charge in [0.2, 0.25) is 0 Å². The first-order valence-corrected chi connectivity index (χ1v) is 10.9. The maximum absolute atomic E-state index is 12.8. The second kappa shape index (κ2) is 9.45. The lowest BCUT2D eigenvalue weighted by Crippen LogP contribution is -2.26. The smallest absolute Gasteiger partial charge is 0.261 e. The zero-order chi connectivity index (χ0) is 21.6. The van der Waals surface area contributed by atoms with Crippen molar-refractivity contribution < 1.29 is 17.9 Å². The number of sulfonamides is 1. The van der Waals surface area contributed by atoms with Crippen molar-refractivity contribution in [2.24, 2.45) is 0 Å². The number of rotatable bonds is 9. The van der Waals surface area contributed by atoms with Crippen molar-refractivity contribution in [1.82, 2.24) is 14.9 Å². The maximum Gasteiger partial charge on any atom is 0.261 e. The summed E-state index contributed by atoms with van der Waals surface area (Å²) < 4.78 is 35.0. The van der Waals surface area contributed by atoms with Crippen LogP contribution < -0.4 is 14.8 Å². The number of aryl methyl sites for hydroxylation is 2. The summed E-state index contributed by atoms with van der Waals surface area (Å²) >= 11 is 0. The highest BCUT2D eigenvalue weighted by Crippen LogP contribution is 2.21. The van der Waals surface area contributed by atoms with Gasteiger partial charge >= 0.3 is 0 Å². The fourth-order valence-corrected chi connectivity index (χ4v) is 3.95. The van der Waals surface area contributed by atoms with E-state index in [4.69, 9.17) is 4.74 Å². The van der Waals surface area contributed by atoms with Gasteiger partial charge in [-0.15, -0.1) is 0 Å². The Labute approximate surface area is 176 Å². The number of aromatic nitrogens is 2. The summed E-state index contributed by atoms with van der Waals surface area (Å²) in [5.41, 5.74) is 1.43. The van der Waals surface area contributed by atoms with Crippen molar-refractivity contribution in [3.8, 4) is 5.75 Å². The first-order chi connectivity index (χ1) is 14.4. The van der Waals surface area contributed by atoms with Crippen molar-refractivity contribution in [2.45, 2.75) is 24.8 Å². The van der Waals surface area contributed by atoms with Gasteiger partial charge in [0, 0.05) is 36.7 Å². The number of carbonyl (C=O) groups excluding carboxylic acids is 1. The van der Waals surface area contributed by atoms with E-state index in [1.165, 1.54) is 19.2 Å². The van der Waals surface area contributed by atoms with Gasteiger partial charge in [-0.1, -0.05) is 6.07 Å². The van der Waals surface area contributed by atoms with Gasteiger partial charge in [0.25, 0.3) is 15.9 Å². The third-order valence-electron chi connectivity index (χ3n) is 4.54. The van der Waals surface area contributed by atoms with E-state index in [1.54, 1.807) is 49.8 Å². The van der Waals surface area contributed by atoms with E-state index in [-0.39, 0.29) is 10.8 Å². The van der Waals surface area contributed by atoms with E-state index in [0.29, 0.717) is 29.1 Å². The SMILES string of the molecule is COc1ccc(NS(=O)(=O)c2ccc(C)c(C(=O)NCCCn3ccnc3)c2)cc1. The van der Waals surface area contributed by atoms with E-state index in [9.17, 15) is 13.2 Å². The standard InChI is InChI=1S/C21H24N4O4S/c1-16-4-9-19(30(27,28)24-17-5-7-18(29-2)8-6-17)14-20(16)21(26)23-10-3-12-25-13-11-22-15-25/h4-9,11,13-15,24H,3,10,12H2,1-2H3,(H,23,26). The van der Waals surface area contributed by atoms with Crippen molar-refractivity contribution in [3.05, 3.63) is 72.3 Å². The van der Waals surface area contributed by atoms with Crippen molar-refractivity contribution in [1.29, 1.82) is 0 Å². The fraction of sp³-hybridized carbons (Fsp3) is 0.238. The Kier molecular flexibility index (Phi) is 6.73. The minimum Gasteiger partial charge on any atom is -0.497 e. The largest absolute Gasteiger partial charge is 0.497 e. The van der Waals surface area contributed by atoms with Crippen molar-refractivity contribution >= 4 is 21.6 Å². The van der Waals surface area contributed by atoms with Crippen LogP contribution in [-0.2, 0) is 16.6 Å². The molecule has 0 unspecified atom stereocenters. The van der Waals surface area contributed by atoms with Crippen LogP contribution in [0.2, 0.25) is 0 Å². The number of methoxy groups -OCH3 is 1. The minimum absolute atomic E-state index is 0.0208. The molecule has 0 aliphatic carbocycles. The number of hydrogen-bond donors (Lipinski definition) is 2. The Balaban J connectivity index is 1.67. The number of carbonyl (C=O) groups is 1. The molecule has 158 valence electrons. The van der Waals surface area contributed by atoms with Crippen LogP contribution in [0.3, 0.4) is 0 Å². The summed E-state index contributed by atoms with van der Waals surface area (Å²) in [5.74, 6) is 0.319. The van der Waals surface area contributed by atoms with E-state index in [2.05, 4.69) is 15.0 Å². The Morgan fingerprint density at radius 1 is 1.17 bits per heavy atom. The van der Waals surface area contributed by atoms with Gasteiger partial charge in [0.1, 0.15) is 5.75 Å². The van der Waals surface area contributed by atoms with Crippen LogP contribution in [-0.4, -0.2) is 37.5 Å². The molecule has 0 atom stereocenters. The topological polar surface area (TPSA) is 102 Å². The lowest BCUT2D eigenvalue weighted by Gasteiger charge is -2.12.